The predicted molar refractivity (Wildman–Crippen MR) is 215 cm³/mol. The number of aliphatic carboxylic acids is 1. The first kappa shape index (κ1) is 48.8. The fourth-order valence-electron chi connectivity index (χ4n) is 6.81. The lowest BCUT2D eigenvalue weighted by Crippen LogP contribution is -2.45. The zero-order chi connectivity index (χ0) is 37.1. The molecule has 0 aromatic rings. The topological polar surface area (TPSA) is 73.3 Å². The summed E-state index contributed by atoms with van der Waals surface area (Å²) in [5, 5.41) is 9.00. The van der Waals surface area contributed by atoms with Crippen LogP contribution in [0.25, 0.3) is 0 Å². The van der Waals surface area contributed by atoms with E-state index in [0.29, 0.717) is 18.9 Å². The fraction of sp³-hybridized carbons (Fsp3) is 0.953. The van der Waals surface area contributed by atoms with Crippen molar-refractivity contribution in [2.45, 2.75) is 201 Å². The molecule has 0 spiro atoms. The van der Waals surface area contributed by atoms with Gasteiger partial charge in [0.2, 0.25) is 0 Å². The molecule has 1 fully saturated rings. The second-order valence-electron chi connectivity index (χ2n) is 15.6. The molecule has 0 bridgehead atoms. The number of ether oxygens (including phenoxy) is 1. The van der Waals surface area contributed by atoms with Gasteiger partial charge in [0.15, 0.2) is 0 Å². The van der Waals surface area contributed by atoms with Crippen LogP contribution in [0, 0.1) is 5.92 Å². The molecule has 1 N–H and O–H groups in total. The lowest BCUT2D eigenvalue weighted by molar-refractivity contribution is -0.145. The van der Waals surface area contributed by atoms with Gasteiger partial charge < -0.3 is 19.6 Å². The van der Waals surface area contributed by atoms with Crippen molar-refractivity contribution in [1.29, 1.82) is 0 Å². The van der Waals surface area contributed by atoms with E-state index >= 15 is 0 Å². The van der Waals surface area contributed by atoms with Gasteiger partial charge in [0.25, 0.3) is 0 Å². The number of carbonyl (C=O) groups is 2. The SMILES string of the molecule is CCC.CCCCCCCCC(CCCCCC)COC(=O)CCCCCN(CCCCCC(=O)O)CCN(CCCCN(C)C)C1CCC1. The first-order chi connectivity index (χ1) is 24.3. The third-order valence-electron chi connectivity index (χ3n) is 10.2. The van der Waals surface area contributed by atoms with Crippen molar-refractivity contribution in [2.75, 3.05) is 60.0 Å². The van der Waals surface area contributed by atoms with Crippen molar-refractivity contribution < 1.29 is 19.4 Å². The molecular weight excluding hydrogens is 622 g/mol. The van der Waals surface area contributed by atoms with Gasteiger partial charge in [0, 0.05) is 32.0 Å². The molecule has 0 amide bonds. The molecule has 0 aliphatic heterocycles. The number of carboxylic acid groups (broad SMARTS) is 1. The number of nitrogens with zero attached hydrogens (tertiary/aromatic N) is 3. The highest BCUT2D eigenvalue weighted by Gasteiger charge is 2.24. The zero-order valence-electron chi connectivity index (χ0n) is 34.5. The number of carbonyl (C=O) groups excluding carboxylic acids is 1. The molecule has 0 aromatic heterocycles. The maximum atomic E-state index is 12.7. The largest absolute Gasteiger partial charge is 0.481 e. The minimum Gasteiger partial charge on any atom is -0.481 e. The molecule has 1 saturated carbocycles. The van der Waals surface area contributed by atoms with Crippen LogP contribution >= 0.6 is 0 Å². The van der Waals surface area contributed by atoms with E-state index < -0.39 is 5.97 Å². The summed E-state index contributed by atoms with van der Waals surface area (Å²) in [4.78, 5) is 31.2. The summed E-state index contributed by atoms with van der Waals surface area (Å²) in [6, 6.07) is 0.763. The summed E-state index contributed by atoms with van der Waals surface area (Å²) in [5.74, 6) is -0.170. The van der Waals surface area contributed by atoms with Crippen molar-refractivity contribution in [1.82, 2.24) is 14.7 Å². The van der Waals surface area contributed by atoms with Crippen molar-refractivity contribution in [3.05, 3.63) is 0 Å². The highest BCUT2D eigenvalue weighted by atomic mass is 16.5. The molecule has 1 unspecified atom stereocenters. The molecule has 1 aliphatic carbocycles. The van der Waals surface area contributed by atoms with Crippen LogP contribution in [0.5, 0.6) is 0 Å². The monoisotopic (exact) mass is 710 g/mol. The van der Waals surface area contributed by atoms with E-state index in [1.165, 1.54) is 122 Å². The fourth-order valence-corrected chi connectivity index (χ4v) is 6.81. The Hall–Kier alpha value is -1.18. The molecule has 298 valence electrons. The minimum absolute atomic E-state index is 0.00722. The van der Waals surface area contributed by atoms with Crippen LogP contribution in [0.4, 0.5) is 0 Å². The van der Waals surface area contributed by atoms with E-state index in [0.717, 1.165) is 77.3 Å². The molecule has 0 aromatic carbocycles. The van der Waals surface area contributed by atoms with Crippen LogP contribution in [-0.2, 0) is 14.3 Å². The average molecular weight is 710 g/mol. The Bertz CT molecular complexity index is 746. The second-order valence-corrected chi connectivity index (χ2v) is 15.6. The van der Waals surface area contributed by atoms with Crippen molar-refractivity contribution in [3.63, 3.8) is 0 Å². The van der Waals surface area contributed by atoms with Crippen molar-refractivity contribution >= 4 is 11.9 Å². The van der Waals surface area contributed by atoms with Crippen molar-refractivity contribution in [2.24, 2.45) is 5.92 Å². The van der Waals surface area contributed by atoms with Gasteiger partial charge in [-0.1, -0.05) is 118 Å². The summed E-state index contributed by atoms with van der Waals surface area (Å²) in [5.41, 5.74) is 0. The molecule has 0 radical (unpaired) electrons. The Morgan fingerprint density at radius 1 is 0.620 bits per heavy atom. The molecular formula is C43H87N3O4. The number of esters is 1. The van der Waals surface area contributed by atoms with Crippen LogP contribution in [0.15, 0.2) is 0 Å². The Morgan fingerprint density at radius 3 is 1.66 bits per heavy atom. The summed E-state index contributed by atoms with van der Waals surface area (Å²) in [7, 11) is 4.31. The third kappa shape index (κ3) is 31.5. The van der Waals surface area contributed by atoms with Gasteiger partial charge >= 0.3 is 11.9 Å². The number of unbranched alkanes of at least 4 members (excludes halogenated alkanes) is 13. The third-order valence-corrected chi connectivity index (χ3v) is 10.2. The van der Waals surface area contributed by atoms with Gasteiger partial charge in [0.05, 0.1) is 6.61 Å². The minimum atomic E-state index is -0.689. The quantitative estimate of drug-likeness (QED) is 0.0519. The van der Waals surface area contributed by atoms with Crippen molar-refractivity contribution in [3.8, 4) is 0 Å². The van der Waals surface area contributed by atoms with Gasteiger partial charge in [-0.2, -0.15) is 0 Å². The molecule has 1 atom stereocenters. The van der Waals surface area contributed by atoms with Gasteiger partial charge in [-0.3, -0.25) is 14.5 Å². The first-order valence-electron chi connectivity index (χ1n) is 21.8. The highest BCUT2D eigenvalue weighted by molar-refractivity contribution is 5.69. The second kappa shape index (κ2) is 36.2. The number of rotatable bonds is 35. The maximum absolute atomic E-state index is 12.7. The van der Waals surface area contributed by atoms with Gasteiger partial charge in [0.1, 0.15) is 0 Å². The first-order valence-corrected chi connectivity index (χ1v) is 21.8. The summed E-state index contributed by atoms with van der Waals surface area (Å²) < 4.78 is 5.83. The van der Waals surface area contributed by atoms with E-state index in [1.807, 2.05) is 0 Å². The van der Waals surface area contributed by atoms with Crippen LogP contribution < -0.4 is 0 Å². The normalized spacial score (nSPS) is 13.8. The number of hydrogen-bond acceptors (Lipinski definition) is 6. The molecule has 7 heteroatoms. The maximum Gasteiger partial charge on any atom is 0.305 e. The summed E-state index contributed by atoms with van der Waals surface area (Å²) in [6.07, 6.45) is 30.0. The summed E-state index contributed by atoms with van der Waals surface area (Å²) in [6.45, 7) is 16.1. The lowest BCUT2D eigenvalue weighted by atomic mass is 9.91. The Labute approximate surface area is 312 Å². The molecule has 0 heterocycles. The average Bonchev–Trinajstić information content (AvgIpc) is 3.05. The smallest absolute Gasteiger partial charge is 0.305 e. The molecule has 7 nitrogen and oxygen atoms in total. The predicted octanol–water partition coefficient (Wildman–Crippen LogP) is 11.0. The molecule has 1 rings (SSSR count). The van der Waals surface area contributed by atoms with Crippen LogP contribution in [0.3, 0.4) is 0 Å². The summed E-state index contributed by atoms with van der Waals surface area (Å²) >= 11 is 0. The van der Waals surface area contributed by atoms with Crippen LogP contribution in [0.1, 0.15) is 195 Å². The van der Waals surface area contributed by atoms with Gasteiger partial charge in [-0.15, -0.1) is 0 Å². The molecule has 0 saturated heterocycles. The highest BCUT2D eigenvalue weighted by Crippen LogP contribution is 2.25. The van der Waals surface area contributed by atoms with Gasteiger partial charge in [-0.25, -0.2) is 0 Å². The van der Waals surface area contributed by atoms with E-state index in [2.05, 4.69) is 56.5 Å². The van der Waals surface area contributed by atoms with Crippen LogP contribution in [-0.4, -0.2) is 97.8 Å². The standard InChI is InChI=1S/C40H79N3O4.C3H8/c1-5-7-9-11-12-16-25-37(24-15-10-8-6-2)36-47-40(46)29-18-14-20-32-42(31-19-13-17-28-39(44)45)34-35-43(38-26-23-27-38)33-22-21-30-41(3)4;1-3-2/h37-38H,5-36H2,1-4H3,(H,44,45);3H2,1-2H3. The Morgan fingerprint density at radius 2 is 1.12 bits per heavy atom. The van der Waals surface area contributed by atoms with E-state index in [-0.39, 0.29) is 12.4 Å². The number of hydrogen-bond donors (Lipinski definition) is 1. The van der Waals surface area contributed by atoms with Crippen LogP contribution in [0.2, 0.25) is 0 Å². The molecule has 1 aliphatic rings. The van der Waals surface area contributed by atoms with E-state index in [1.54, 1.807) is 0 Å². The van der Waals surface area contributed by atoms with E-state index in [9.17, 15) is 9.59 Å². The number of carboxylic acids is 1. The van der Waals surface area contributed by atoms with Gasteiger partial charge in [-0.05, 0) is 110 Å². The molecule has 50 heavy (non-hydrogen) atoms. The Balaban J connectivity index is 0.00000770. The lowest BCUT2D eigenvalue weighted by Gasteiger charge is -2.39. The zero-order valence-corrected chi connectivity index (χ0v) is 34.5. The van der Waals surface area contributed by atoms with E-state index in [4.69, 9.17) is 9.84 Å². The Kier molecular flexibility index (Phi) is 35.3.